The second-order valence-corrected chi connectivity index (χ2v) is 7.16. The summed E-state index contributed by atoms with van der Waals surface area (Å²) in [6.07, 6.45) is -2.44. The average molecular weight is 384 g/mol. The highest BCUT2D eigenvalue weighted by Gasteiger charge is 2.36. The summed E-state index contributed by atoms with van der Waals surface area (Å²) < 4.78 is 73.6. The first-order valence-electron chi connectivity index (χ1n) is 9.20. The van der Waals surface area contributed by atoms with Gasteiger partial charge in [0.25, 0.3) is 0 Å². The molecule has 8 heteroatoms. The van der Waals surface area contributed by atoms with E-state index < -0.39 is 42.1 Å². The summed E-state index contributed by atoms with van der Waals surface area (Å²) in [7, 11) is 0. The molecule has 0 unspecified atom stereocenters. The van der Waals surface area contributed by atoms with E-state index in [1.807, 2.05) is 0 Å². The molecule has 2 aliphatic rings. The molecule has 2 saturated carbocycles. The molecule has 0 saturated heterocycles. The maximum Gasteiger partial charge on any atom is 0.522 e. The molecule has 2 fully saturated rings. The van der Waals surface area contributed by atoms with Crippen molar-refractivity contribution in [1.29, 1.82) is 0 Å². The van der Waals surface area contributed by atoms with Crippen LogP contribution in [0.1, 0.15) is 64.7 Å². The van der Waals surface area contributed by atoms with Gasteiger partial charge in [-0.25, -0.2) is 9.18 Å². The lowest BCUT2D eigenvalue weighted by Crippen LogP contribution is -2.32. The molecule has 2 aliphatic carbocycles. The molecule has 0 aromatic heterocycles. The van der Waals surface area contributed by atoms with Crippen LogP contribution < -0.4 is 0 Å². The van der Waals surface area contributed by atoms with Gasteiger partial charge in [-0.05, 0) is 57.3 Å². The Kier molecular flexibility index (Phi) is 7.43. The normalized spacial score (nSPS) is 31.3. The number of allylic oxidation sites excluding steroid dienone is 1. The van der Waals surface area contributed by atoms with E-state index in [1.54, 1.807) is 0 Å². The van der Waals surface area contributed by atoms with Gasteiger partial charge in [0.15, 0.2) is 0 Å². The maximum absolute atomic E-state index is 14.2. The molecule has 0 N–H and O–H groups in total. The number of ether oxygens (including phenoxy) is 2. The van der Waals surface area contributed by atoms with E-state index >= 15 is 0 Å². The molecule has 0 aromatic rings. The van der Waals surface area contributed by atoms with Crippen LogP contribution in [0.5, 0.6) is 0 Å². The van der Waals surface area contributed by atoms with Crippen molar-refractivity contribution in [1.82, 2.24) is 0 Å². The van der Waals surface area contributed by atoms with Crippen LogP contribution in [0.3, 0.4) is 0 Å². The SMILES string of the molecule is CCC1CCC(C(F)=C(F)C(=O)OC2CCC(OC(F)(F)F)CC2)CC1. The average Bonchev–Trinajstić information content (AvgIpc) is 2.61. The van der Waals surface area contributed by atoms with Crippen molar-refractivity contribution in [2.45, 2.75) is 83.3 Å². The molecular formula is C18H25F5O3. The minimum absolute atomic E-state index is 0.0479. The van der Waals surface area contributed by atoms with E-state index in [9.17, 15) is 26.7 Å². The molecule has 0 heterocycles. The van der Waals surface area contributed by atoms with Crippen LogP contribution >= 0.6 is 0 Å². The zero-order valence-electron chi connectivity index (χ0n) is 14.8. The van der Waals surface area contributed by atoms with Gasteiger partial charge in [0.1, 0.15) is 11.9 Å². The molecule has 0 amide bonds. The van der Waals surface area contributed by atoms with E-state index in [1.165, 1.54) is 0 Å². The van der Waals surface area contributed by atoms with Gasteiger partial charge in [0.2, 0.25) is 5.83 Å². The number of hydrogen-bond donors (Lipinski definition) is 0. The third kappa shape index (κ3) is 6.21. The Morgan fingerprint density at radius 1 is 0.923 bits per heavy atom. The molecule has 26 heavy (non-hydrogen) atoms. The van der Waals surface area contributed by atoms with E-state index in [-0.39, 0.29) is 25.7 Å². The summed E-state index contributed by atoms with van der Waals surface area (Å²) >= 11 is 0. The summed E-state index contributed by atoms with van der Waals surface area (Å²) in [5, 5.41) is 0. The number of rotatable bonds is 5. The Morgan fingerprint density at radius 3 is 1.96 bits per heavy atom. The number of carbonyl (C=O) groups is 1. The number of carbonyl (C=O) groups excluding carboxylic acids is 1. The quantitative estimate of drug-likeness (QED) is 0.344. The Morgan fingerprint density at radius 2 is 1.46 bits per heavy atom. The molecule has 0 radical (unpaired) electrons. The first-order chi connectivity index (χ1) is 12.2. The van der Waals surface area contributed by atoms with Crippen LogP contribution in [0.2, 0.25) is 0 Å². The molecule has 0 spiro atoms. The lowest BCUT2D eigenvalue weighted by Gasteiger charge is -2.29. The lowest BCUT2D eigenvalue weighted by atomic mass is 9.80. The topological polar surface area (TPSA) is 35.5 Å². The highest BCUT2D eigenvalue weighted by Crippen LogP contribution is 2.37. The fourth-order valence-corrected chi connectivity index (χ4v) is 3.76. The summed E-state index contributed by atoms with van der Waals surface area (Å²) in [5.74, 6) is -4.00. The first kappa shape index (κ1) is 21.1. The Labute approximate surface area is 149 Å². The highest BCUT2D eigenvalue weighted by atomic mass is 19.4. The zero-order valence-corrected chi connectivity index (χ0v) is 14.8. The van der Waals surface area contributed by atoms with Crippen molar-refractivity contribution in [2.24, 2.45) is 11.8 Å². The molecule has 0 atom stereocenters. The molecule has 0 aromatic carbocycles. The standard InChI is InChI=1S/C18H25F5O3/c1-2-11-3-5-12(6-4-11)15(19)16(20)17(24)25-13-7-9-14(10-8-13)26-18(21,22)23/h11-14H,2-10H2,1H3. The molecule has 0 bridgehead atoms. The highest BCUT2D eigenvalue weighted by molar-refractivity contribution is 5.86. The van der Waals surface area contributed by atoms with E-state index in [0.717, 1.165) is 19.3 Å². The largest absolute Gasteiger partial charge is 0.522 e. The maximum atomic E-state index is 14.2. The lowest BCUT2D eigenvalue weighted by molar-refractivity contribution is -0.346. The predicted molar refractivity (Wildman–Crippen MR) is 84.3 cm³/mol. The molecular weight excluding hydrogens is 359 g/mol. The van der Waals surface area contributed by atoms with Gasteiger partial charge in [0.05, 0.1) is 6.10 Å². The van der Waals surface area contributed by atoms with Crippen molar-refractivity contribution >= 4 is 5.97 Å². The van der Waals surface area contributed by atoms with Gasteiger partial charge >= 0.3 is 12.3 Å². The third-order valence-corrected chi connectivity index (χ3v) is 5.37. The number of hydrogen-bond acceptors (Lipinski definition) is 3. The van der Waals surface area contributed by atoms with Crippen LogP contribution in [-0.4, -0.2) is 24.5 Å². The number of esters is 1. The van der Waals surface area contributed by atoms with Crippen molar-refractivity contribution in [3.63, 3.8) is 0 Å². The van der Waals surface area contributed by atoms with Gasteiger partial charge < -0.3 is 4.74 Å². The second kappa shape index (κ2) is 9.15. The minimum Gasteiger partial charge on any atom is -0.457 e. The Bertz CT molecular complexity index is 501. The fourth-order valence-electron chi connectivity index (χ4n) is 3.76. The van der Waals surface area contributed by atoms with Gasteiger partial charge in [-0.1, -0.05) is 13.3 Å². The second-order valence-electron chi connectivity index (χ2n) is 7.16. The van der Waals surface area contributed by atoms with Crippen LogP contribution in [-0.2, 0) is 14.3 Å². The molecule has 0 aliphatic heterocycles. The Balaban J connectivity index is 1.82. The third-order valence-electron chi connectivity index (χ3n) is 5.37. The van der Waals surface area contributed by atoms with Crippen LogP contribution in [0.25, 0.3) is 0 Å². The van der Waals surface area contributed by atoms with E-state index in [4.69, 9.17) is 4.74 Å². The summed E-state index contributed by atoms with van der Waals surface area (Å²) in [6, 6.07) is 0. The van der Waals surface area contributed by atoms with Gasteiger partial charge in [0, 0.05) is 5.92 Å². The van der Waals surface area contributed by atoms with Gasteiger partial charge in [-0.2, -0.15) is 4.39 Å². The van der Waals surface area contributed by atoms with Crippen LogP contribution in [0, 0.1) is 11.8 Å². The van der Waals surface area contributed by atoms with Crippen LogP contribution in [0.15, 0.2) is 11.7 Å². The van der Waals surface area contributed by atoms with Gasteiger partial charge in [-0.3, -0.25) is 4.74 Å². The van der Waals surface area contributed by atoms with Crippen molar-refractivity contribution in [3.05, 3.63) is 11.7 Å². The summed E-state index contributed by atoms with van der Waals surface area (Å²) in [4.78, 5) is 11.8. The molecule has 150 valence electrons. The van der Waals surface area contributed by atoms with Crippen LogP contribution in [0.4, 0.5) is 22.0 Å². The van der Waals surface area contributed by atoms with E-state index in [0.29, 0.717) is 18.8 Å². The first-order valence-corrected chi connectivity index (χ1v) is 9.20. The number of alkyl halides is 3. The molecule has 3 nitrogen and oxygen atoms in total. The summed E-state index contributed by atoms with van der Waals surface area (Å²) in [5.41, 5.74) is 0. The number of halogens is 5. The summed E-state index contributed by atoms with van der Waals surface area (Å²) in [6.45, 7) is 2.06. The van der Waals surface area contributed by atoms with Gasteiger partial charge in [-0.15, -0.1) is 13.2 Å². The minimum atomic E-state index is -4.71. The van der Waals surface area contributed by atoms with Crippen molar-refractivity contribution in [3.8, 4) is 0 Å². The smallest absolute Gasteiger partial charge is 0.457 e. The zero-order chi connectivity index (χ0) is 19.3. The Hall–Kier alpha value is -1.18. The fraction of sp³-hybridized carbons (Fsp3) is 0.833. The monoisotopic (exact) mass is 384 g/mol. The van der Waals surface area contributed by atoms with Crippen molar-refractivity contribution in [2.75, 3.05) is 0 Å². The van der Waals surface area contributed by atoms with E-state index in [2.05, 4.69) is 11.7 Å². The molecule has 2 rings (SSSR count). The van der Waals surface area contributed by atoms with Crippen molar-refractivity contribution < 1.29 is 36.2 Å². The predicted octanol–water partition coefficient (Wildman–Crippen LogP) is 5.74.